The summed E-state index contributed by atoms with van der Waals surface area (Å²) in [7, 11) is -3.86. The number of nitrogens with one attached hydrogen (secondary N) is 1. The Balaban J connectivity index is 2.26. The fourth-order valence-electron chi connectivity index (χ4n) is 1.78. The maximum atomic E-state index is 12.1. The molecule has 2 aromatic rings. The molecule has 0 heterocycles. The number of nitro benzene ring substituents is 1. The number of nitrogens with zero attached hydrogens (tertiary/aromatic N) is 2. The minimum Gasteiger partial charge on any atom is -0.502 e. The second kappa shape index (κ2) is 7.13. The number of hydrogen-bond acceptors (Lipinski definition) is 6. The molecule has 0 aliphatic rings. The molecule has 0 aromatic heterocycles. The summed E-state index contributed by atoms with van der Waals surface area (Å²) in [6.07, 6.45) is 1.01. The van der Waals surface area contributed by atoms with Gasteiger partial charge in [0.1, 0.15) is 0 Å². The van der Waals surface area contributed by atoms with Gasteiger partial charge in [-0.15, -0.1) is 0 Å². The summed E-state index contributed by atoms with van der Waals surface area (Å²) >= 11 is 1.85. The van der Waals surface area contributed by atoms with Gasteiger partial charge in [0.25, 0.3) is 10.0 Å². The van der Waals surface area contributed by atoms with Crippen LogP contribution in [0.1, 0.15) is 11.1 Å². The molecule has 0 bridgehead atoms. The number of rotatable bonds is 5. The molecule has 0 fully saturated rings. The van der Waals surface area contributed by atoms with Crippen LogP contribution in [0.5, 0.6) is 5.75 Å². The molecule has 0 radical (unpaired) electrons. The van der Waals surface area contributed by atoms with Gasteiger partial charge in [-0.3, -0.25) is 10.1 Å². The number of aromatic hydroxyl groups is 1. The van der Waals surface area contributed by atoms with Gasteiger partial charge < -0.3 is 5.11 Å². The number of halogens is 1. The molecule has 0 aliphatic carbocycles. The van der Waals surface area contributed by atoms with E-state index in [1.807, 2.05) is 34.3 Å². The van der Waals surface area contributed by atoms with E-state index in [2.05, 4.69) is 5.10 Å². The van der Waals surface area contributed by atoms with Crippen LogP contribution in [0.15, 0.2) is 46.4 Å². The van der Waals surface area contributed by atoms with E-state index in [-0.39, 0.29) is 10.5 Å². The molecule has 0 aliphatic heterocycles. The van der Waals surface area contributed by atoms with E-state index in [0.717, 1.165) is 11.8 Å². The third-order valence-corrected chi connectivity index (χ3v) is 4.85. The fourth-order valence-corrected chi connectivity index (χ4v) is 3.20. The predicted molar refractivity (Wildman–Crippen MR) is 96.6 cm³/mol. The summed E-state index contributed by atoms with van der Waals surface area (Å²) in [5.74, 6) is -0.585. The van der Waals surface area contributed by atoms with Crippen LogP contribution in [-0.2, 0) is 10.0 Å². The zero-order valence-electron chi connectivity index (χ0n) is 12.3. The first kappa shape index (κ1) is 18.1. The maximum Gasteiger partial charge on any atom is 0.312 e. The Hall–Kier alpha value is -2.21. The van der Waals surface area contributed by atoms with Crippen molar-refractivity contribution in [3.63, 3.8) is 0 Å². The van der Waals surface area contributed by atoms with Gasteiger partial charge in [0.2, 0.25) is 5.75 Å². The molecule has 0 spiro atoms. The summed E-state index contributed by atoms with van der Waals surface area (Å²) in [4.78, 5) is 12.2. The van der Waals surface area contributed by atoms with E-state index in [4.69, 9.17) is 0 Å². The lowest BCUT2D eigenvalue weighted by Gasteiger charge is -2.04. The van der Waals surface area contributed by atoms with Crippen LogP contribution >= 0.6 is 22.6 Å². The smallest absolute Gasteiger partial charge is 0.312 e. The Bertz CT molecular complexity index is 911. The van der Waals surface area contributed by atoms with Crippen LogP contribution in [0.25, 0.3) is 0 Å². The second-order valence-electron chi connectivity index (χ2n) is 4.79. The summed E-state index contributed by atoms with van der Waals surface area (Å²) in [5.41, 5.74) is 0.457. The lowest BCUT2D eigenvalue weighted by atomic mass is 10.2. The Labute approximate surface area is 151 Å². The van der Waals surface area contributed by atoms with E-state index < -0.39 is 26.4 Å². The number of hydrogen-bond donors (Lipinski definition) is 2. The number of nitro groups is 1. The van der Waals surface area contributed by atoms with Gasteiger partial charge in [-0.1, -0.05) is 17.7 Å². The van der Waals surface area contributed by atoms with E-state index >= 15 is 0 Å². The topological polar surface area (TPSA) is 122 Å². The second-order valence-corrected chi connectivity index (χ2v) is 7.69. The normalized spacial score (nSPS) is 11.6. The van der Waals surface area contributed by atoms with Gasteiger partial charge >= 0.3 is 5.69 Å². The zero-order chi connectivity index (χ0) is 17.9. The minimum atomic E-state index is -3.86. The first-order chi connectivity index (χ1) is 11.2. The number of aryl methyl sites for hydroxylation is 1. The van der Waals surface area contributed by atoms with Crippen molar-refractivity contribution in [2.24, 2.45) is 5.10 Å². The number of sulfonamides is 1. The Morgan fingerprint density at radius 3 is 2.50 bits per heavy atom. The number of hydrazone groups is 1. The molecular formula is C14H12IN3O5S. The van der Waals surface area contributed by atoms with Crippen molar-refractivity contribution >= 4 is 44.5 Å². The Morgan fingerprint density at radius 2 is 1.92 bits per heavy atom. The average Bonchev–Trinajstić information content (AvgIpc) is 2.50. The molecule has 24 heavy (non-hydrogen) atoms. The lowest BCUT2D eigenvalue weighted by molar-refractivity contribution is -0.386. The number of phenolic OH excluding ortho intramolecular Hbond substituents is 1. The van der Waals surface area contributed by atoms with Crippen LogP contribution < -0.4 is 4.83 Å². The quantitative estimate of drug-likeness (QED) is 0.307. The summed E-state index contributed by atoms with van der Waals surface area (Å²) < 4.78 is 24.6. The van der Waals surface area contributed by atoms with Crippen molar-refractivity contribution in [1.82, 2.24) is 4.83 Å². The highest BCUT2D eigenvalue weighted by molar-refractivity contribution is 14.1. The molecule has 0 saturated heterocycles. The Kier molecular flexibility index (Phi) is 5.39. The Morgan fingerprint density at radius 1 is 1.29 bits per heavy atom. The van der Waals surface area contributed by atoms with Crippen LogP contribution in [0.3, 0.4) is 0 Å². The van der Waals surface area contributed by atoms with Gasteiger partial charge in [0, 0.05) is 15.2 Å². The molecule has 2 N–H and O–H groups in total. The van der Waals surface area contributed by atoms with E-state index in [1.54, 1.807) is 12.1 Å². The minimum absolute atomic E-state index is 0.0280. The molecule has 10 heteroatoms. The van der Waals surface area contributed by atoms with Crippen LogP contribution in [-0.4, -0.2) is 24.7 Å². The highest BCUT2D eigenvalue weighted by Gasteiger charge is 2.18. The third-order valence-electron chi connectivity index (χ3n) is 2.99. The predicted octanol–water partition coefficient (Wildman–Crippen LogP) is 2.53. The van der Waals surface area contributed by atoms with Crippen molar-refractivity contribution in [2.75, 3.05) is 0 Å². The lowest BCUT2D eigenvalue weighted by Crippen LogP contribution is -2.18. The molecule has 2 rings (SSSR count). The first-order valence-electron chi connectivity index (χ1n) is 6.49. The highest BCUT2D eigenvalue weighted by atomic mass is 127. The van der Waals surface area contributed by atoms with E-state index in [9.17, 15) is 23.6 Å². The maximum absolute atomic E-state index is 12.1. The van der Waals surface area contributed by atoms with Crippen LogP contribution in [0.2, 0.25) is 0 Å². The molecule has 2 aromatic carbocycles. The van der Waals surface area contributed by atoms with E-state index in [0.29, 0.717) is 3.57 Å². The molecule has 0 amide bonds. The summed E-state index contributed by atoms with van der Waals surface area (Å²) in [6.45, 7) is 1.83. The van der Waals surface area contributed by atoms with Crippen molar-refractivity contribution < 1.29 is 18.4 Å². The number of benzene rings is 2. The highest BCUT2D eigenvalue weighted by Crippen LogP contribution is 2.30. The van der Waals surface area contributed by atoms with Crippen molar-refractivity contribution in [3.8, 4) is 5.75 Å². The number of phenols is 1. The summed E-state index contributed by atoms with van der Waals surface area (Å²) in [5, 5.41) is 24.3. The summed E-state index contributed by atoms with van der Waals surface area (Å²) in [6, 6.07) is 8.79. The third kappa shape index (κ3) is 4.20. The molecule has 0 unspecified atom stereocenters. The van der Waals surface area contributed by atoms with Gasteiger partial charge in [0.15, 0.2) is 0 Å². The average molecular weight is 461 g/mol. The SMILES string of the molecule is Cc1ccc(S(=O)(=O)NN=Cc2cc(I)cc([N+](=O)[O-])c2O)cc1. The van der Waals surface area contributed by atoms with Gasteiger partial charge in [-0.05, 0) is 47.7 Å². The van der Waals surface area contributed by atoms with Crippen LogP contribution in [0.4, 0.5) is 5.69 Å². The largest absolute Gasteiger partial charge is 0.502 e. The van der Waals surface area contributed by atoms with Crippen LogP contribution in [0, 0.1) is 20.6 Å². The first-order valence-corrected chi connectivity index (χ1v) is 9.05. The van der Waals surface area contributed by atoms with Crippen molar-refractivity contribution in [1.29, 1.82) is 0 Å². The fraction of sp³-hybridized carbons (Fsp3) is 0.0714. The van der Waals surface area contributed by atoms with Gasteiger partial charge in [0.05, 0.1) is 16.0 Å². The van der Waals surface area contributed by atoms with E-state index in [1.165, 1.54) is 24.3 Å². The molecule has 126 valence electrons. The molecular weight excluding hydrogens is 449 g/mol. The molecule has 0 saturated carbocycles. The van der Waals surface area contributed by atoms with Crippen molar-refractivity contribution in [3.05, 3.63) is 61.2 Å². The standard InChI is InChI=1S/C14H12IN3O5S/c1-9-2-4-12(5-3-9)24(22,23)17-16-8-10-6-11(15)7-13(14(10)19)18(20)21/h2-8,17,19H,1H3. The zero-order valence-corrected chi connectivity index (χ0v) is 15.3. The van der Waals surface area contributed by atoms with Gasteiger partial charge in [-0.2, -0.15) is 13.5 Å². The molecule has 0 atom stereocenters. The monoisotopic (exact) mass is 461 g/mol. The van der Waals surface area contributed by atoms with Gasteiger partial charge in [-0.25, -0.2) is 4.83 Å². The van der Waals surface area contributed by atoms with Crippen molar-refractivity contribution in [2.45, 2.75) is 11.8 Å². The molecule has 8 nitrogen and oxygen atoms in total.